The van der Waals surface area contributed by atoms with Gasteiger partial charge >= 0.3 is 0 Å². The summed E-state index contributed by atoms with van der Waals surface area (Å²) in [4.78, 5) is 9.94. The molecule has 11 heavy (non-hydrogen) atoms. The zero-order valence-electron chi connectivity index (χ0n) is 6.54. The van der Waals surface area contributed by atoms with Gasteiger partial charge in [-0.3, -0.25) is 4.79 Å². The minimum Gasteiger partial charge on any atom is -0.783 e. The molecule has 3 nitrogen and oxygen atoms in total. The van der Waals surface area contributed by atoms with Crippen molar-refractivity contribution in [2.24, 2.45) is 0 Å². The van der Waals surface area contributed by atoms with Crippen molar-refractivity contribution in [3.05, 3.63) is 0 Å². The second-order valence-corrected chi connectivity index (χ2v) is 2.01. The largest absolute Gasteiger partial charge is 0.783 e. The van der Waals surface area contributed by atoms with Crippen LogP contribution in [-0.2, 0) is 50.1 Å². The zero-order chi connectivity index (χ0) is 8.41. The molecule has 1 radical (unpaired) electrons. The van der Waals surface area contributed by atoms with Gasteiger partial charge < -0.3 is 22.8 Å². The molecular weight excluding hydrogens is 258 g/mol. The molecule has 0 aromatic rings. The topological polar surface area (TPSA) is 49.3 Å². The van der Waals surface area contributed by atoms with E-state index in [9.17, 15) is 4.79 Å². The quantitative estimate of drug-likeness (QED) is 0.541. The van der Waals surface area contributed by atoms with Crippen LogP contribution in [-0.4, -0.2) is 23.4 Å². The van der Waals surface area contributed by atoms with E-state index < -0.39 is 0 Å². The molecule has 0 aliphatic rings. The van der Waals surface area contributed by atoms with Gasteiger partial charge in [-0.05, 0) is 15.8 Å². The van der Waals surface area contributed by atoms with E-state index in [4.69, 9.17) is 5.11 Å². The first kappa shape index (κ1) is 18.2. The zero-order valence-corrected chi connectivity index (χ0v) is 11.3. The maximum absolute atomic E-state index is 9.94. The SMILES string of the molecule is CCCO.O=C(C[S-])NP.[Y]. The van der Waals surface area contributed by atoms with Gasteiger partial charge in [-0.1, -0.05) is 12.7 Å². The van der Waals surface area contributed by atoms with E-state index in [-0.39, 0.29) is 44.4 Å². The maximum Gasteiger partial charge on any atom is 0.198 e. The Morgan fingerprint density at radius 1 is 1.73 bits per heavy atom. The molecule has 0 aromatic heterocycles. The van der Waals surface area contributed by atoms with Gasteiger partial charge in [-0.15, -0.1) is 0 Å². The number of carbonyl (C=O) groups excluding carboxylic acids is 1. The van der Waals surface area contributed by atoms with Crippen LogP contribution in [0.3, 0.4) is 0 Å². The van der Waals surface area contributed by atoms with Gasteiger partial charge in [0.05, 0.1) is 0 Å². The molecule has 0 saturated heterocycles. The molecule has 0 aliphatic heterocycles. The fourth-order valence-corrected chi connectivity index (χ4v) is 0.375. The van der Waals surface area contributed by atoms with Crippen LogP contribution in [0.1, 0.15) is 13.3 Å². The third-order valence-corrected chi connectivity index (χ3v) is 1.10. The summed E-state index contributed by atoms with van der Waals surface area (Å²) in [6.45, 7) is 2.25. The Morgan fingerprint density at radius 2 is 2.09 bits per heavy atom. The monoisotopic (exact) mass is 271 g/mol. The van der Waals surface area contributed by atoms with Crippen molar-refractivity contribution in [1.82, 2.24) is 5.09 Å². The smallest absolute Gasteiger partial charge is 0.198 e. The number of amides is 1. The summed E-state index contributed by atoms with van der Waals surface area (Å²) in [7, 11) is 2.07. The molecule has 0 spiro atoms. The third-order valence-electron chi connectivity index (χ3n) is 0.516. The molecule has 6 heteroatoms. The van der Waals surface area contributed by atoms with Crippen LogP contribution in [0, 0.1) is 0 Å². The fraction of sp³-hybridized carbons (Fsp3) is 0.800. The number of carbonyl (C=O) groups is 1. The summed E-state index contributed by atoms with van der Waals surface area (Å²) in [6.07, 6.45) is 0.875. The predicted octanol–water partition coefficient (Wildman–Crippen LogP) is -0.174. The number of aliphatic hydroxyl groups is 1. The molecule has 65 valence electrons. The summed E-state index contributed by atoms with van der Waals surface area (Å²) in [5.41, 5.74) is 0. The summed E-state index contributed by atoms with van der Waals surface area (Å²) < 4.78 is 0. The molecule has 0 rings (SSSR count). The van der Waals surface area contributed by atoms with Gasteiger partial charge in [-0.2, -0.15) is 0 Å². The molecule has 2 N–H and O–H groups in total. The molecule has 0 heterocycles. The summed E-state index contributed by atoms with van der Waals surface area (Å²) in [6, 6.07) is 0. The van der Waals surface area contributed by atoms with Gasteiger partial charge in [-0.25, -0.2) is 0 Å². The first-order valence-electron chi connectivity index (χ1n) is 2.91. The van der Waals surface area contributed by atoms with Crippen molar-refractivity contribution in [1.29, 1.82) is 0 Å². The van der Waals surface area contributed by atoms with Crippen LogP contribution in [0.5, 0.6) is 0 Å². The van der Waals surface area contributed by atoms with E-state index in [2.05, 4.69) is 27.1 Å². The number of aliphatic hydroxyl groups excluding tert-OH is 1. The normalized spacial score (nSPS) is 6.91. The van der Waals surface area contributed by atoms with Gasteiger partial charge in [0.1, 0.15) is 0 Å². The minimum atomic E-state index is -0.130. The number of hydrogen-bond donors (Lipinski definition) is 2. The first-order chi connectivity index (χ1) is 4.72. The van der Waals surface area contributed by atoms with E-state index in [0.717, 1.165) is 6.42 Å². The van der Waals surface area contributed by atoms with Crippen LogP contribution < -0.4 is 5.09 Å². The van der Waals surface area contributed by atoms with Crippen molar-refractivity contribution >= 4 is 27.9 Å². The Hall–Kier alpha value is 1.31. The van der Waals surface area contributed by atoms with E-state index in [1.807, 2.05) is 6.92 Å². The molecule has 1 unspecified atom stereocenters. The van der Waals surface area contributed by atoms with Crippen molar-refractivity contribution in [3.8, 4) is 0 Å². The van der Waals surface area contributed by atoms with Crippen molar-refractivity contribution in [2.75, 3.05) is 12.4 Å². The van der Waals surface area contributed by atoms with E-state index in [0.29, 0.717) is 6.61 Å². The maximum atomic E-state index is 9.94. The number of nitrogens with one attached hydrogen (secondary N) is 1. The average molecular weight is 271 g/mol. The van der Waals surface area contributed by atoms with Crippen molar-refractivity contribution in [2.45, 2.75) is 13.3 Å². The molecule has 0 bridgehead atoms. The van der Waals surface area contributed by atoms with Crippen molar-refractivity contribution in [3.63, 3.8) is 0 Å². The van der Waals surface area contributed by atoms with Gasteiger partial charge in [0.2, 0.25) is 0 Å². The van der Waals surface area contributed by atoms with E-state index in [1.165, 1.54) is 0 Å². The molecule has 0 saturated carbocycles. The van der Waals surface area contributed by atoms with Gasteiger partial charge in [0, 0.05) is 39.3 Å². The van der Waals surface area contributed by atoms with Gasteiger partial charge in [0.25, 0.3) is 0 Å². The third kappa shape index (κ3) is 24.6. The Morgan fingerprint density at radius 3 is 2.09 bits per heavy atom. The molecule has 1 amide bonds. The Balaban J connectivity index is -0.000000114. The van der Waals surface area contributed by atoms with E-state index >= 15 is 0 Å². The standard InChI is InChI=1S/C3H8O.C2H6NOPS.Y/c1-2-3-4;4-2(1-6)3-5;/h4H,2-3H2,1H3;6H,1,5H2,(H,3,4);/p-1. The second-order valence-electron chi connectivity index (χ2n) is 1.44. The number of rotatable bonds is 2. The first-order valence-corrected chi connectivity index (χ1v) is 4.06. The second kappa shape index (κ2) is 17.4. The minimum absolute atomic E-state index is 0. The fourth-order valence-electron chi connectivity index (χ4n) is 0.0417. The molecule has 0 aromatic carbocycles. The Bertz CT molecular complexity index is 78.9. The molecule has 1 atom stereocenters. The Labute approximate surface area is 101 Å². The summed E-state index contributed by atoms with van der Waals surface area (Å²) >= 11 is 4.35. The van der Waals surface area contributed by atoms with Crippen molar-refractivity contribution < 1.29 is 42.6 Å². The summed E-state index contributed by atoms with van der Waals surface area (Å²) in [5, 5.41) is 10.2. The summed E-state index contributed by atoms with van der Waals surface area (Å²) in [5.74, 6) is 0.0127. The molecule has 0 fully saturated rings. The number of hydrogen-bond acceptors (Lipinski definition) is 3. The van der Waals surface area contributed by atoms with Crippen LogP contribution >= 0.6 is 9.39 Å². The van der Waals surface area contributed by atoms with Crippen LogP contribution in [0.15, 0.2) is 0 Å². The van der Waals surface area contributed by atoms with Gasteiger partial charge in [0.15, 0.2) is 5.91 Å². The molecule has 0 aliphatic carbocycles. The van der Waals surface area contributed by atoms with Crippen LogP contribution in [0.2, 0.25) is 0 Å². The van der Waals surface area contributed by atoms with E-state index in [1.54, 1.807) is 0 Å². The van der Waals surface area contributed by atoms with Crippen LogP contribution in [0.4, 0.5) is 0 Å². The predicted molar refractivity (Wildman–Crippen MR) is 47.5 cm³/mol. The molecular formula is C5H13NO2PSY-. The van der Waals surface area contributed by atoms with Crippen LogP contribution in [0.25, 0.3) is 0 Å². The average Bonchev–Trinajstić information content (AvgIpc) is 2.03. The Kier molecular flexibility index (Phi) is 28.8.